The molecule has 1 amide bonds. The average molecular weight is 415 g/mol. The molecule has 2 aromatic rings. The minimum Gasteiger partial charge on any atom is -0.488 e. The van der Waals surface area contributed by atoms with Gasteiger partial charge >= 0.3 is 11.7 Å². The fourth-order valence-electron chi connectivity index (χ4n) is 2.68. The fraction of sp³-hybridized carbons (Fsp3) is 0.211. The van der Waals surface area contributed by atoms with Crippen LogP contribution in [0.25, 0.3) is 0 Å². The number of benzene rings is 2. The number of nitro benzene ring substituents is 1. The minimum absolute atomic E-state index is 0.0105. The standard InChI is InChI=1S/C19H17N3O8/c1-11(23)29-15-8-7-12(17(22(25)26)18(15)27-2)9-20-21-19(24)16-10-28-13-5-3-4-6-14(13)30-16/h3-9,16H,10H2,1-2H3,(H,21,24). The Morgan fingerprint density at radius 2 is 2.00 bits per heavy atom. The third-order valence-electron chi connectivity index (χ3n) is 3.95. The maximum Gasteiger partial charge on any atom is 0.323 e. The molecule has 0 saturated heterocycles. The van der Waals surface area contributed by atoms with E-state index in [0.29, 0.717) is 11.5 Å². The van der Waals surface area contributed by atoms with Gasteiger partial charge < -0.3 is 18.9 Å². The van der Waals surface area contributed by atoms with Crippen molar-refractivity contribution in [2.75, 3.05) is 13.7 Å². The van der Waals surface area contributed by atoms with Crippen molar-refractivity contribution in [1.82, 2.24) is 5.43 Å². The van der Waals surface area contributed by atoms with Crippen molar-refractivity contribution in [3.8, 4) is 23.0 Å². The molecule has 156 valence electrons. The van der Waals surface area contributed by atoms with Crippen molar-refractivity contribution in [2.24, 2.45) is 5.10 Å². The molecule has 0 fully saturated rings. The van der Waals surface area contributed by atoms with E-state index in [4.69, 9.17) is 18.9 Å². The maximum absolute atomic E-state index is 12.3. The highest BCUT2D eigenvalue weighted by molar-refractivity contribution is 5.90. The summed E-state index contributed by atoms with van der Waals surface area (Å²) in [6.07, 6.45) is 0.140. The molecule has 0 bridgehead atoms. The van der Waals surface area contributed by atoms with Crippen LogP contribution in [0.4, 0.5) is 5.69 Å². The number of fused-ring (bicyclic) bond motifs is 1. The summed E-state index contributed by atoms with van der Waals surface area (Å²) in [6.45, 7) is 1.15. The van der Waals surface area contributed by atoms with E-state index in [-0.39, 0.29) is 23.7 Å². The van der Waals surface area contributed by atoms with Crippen LogP contribution >= 0.6 is 0 Å². The monoisotopic (exact) mass is 415 g/mol. The summed E-state index contributed by atoms with van der Waals surface area (Å²) in [5, 5.41) is 15.3. The van der Waals surface area contributed by atoms with Crippen LogP contribution in [0.3, 0.4) is 0 Å². The number of hydrazone groups is 1. The van der Waals surface area contributed by atoms with E-state index in [1.54, 1.807) is 24.3 Å². The molecule has 0 spiro atoms. The van der Waals surface area contributed by atoms with Crippen LogP contribution in [-0.4, -0.2) is 42.8 Å². The topological polar surface area (TPSA) is 139 Å². The molecule has 0 saturated carbocycles. The van der Waals surface area contributed by atoms with Gasteiger partial charge in [-0.05, 0) is 24.3 Å². The van der Waals surface area contributed by atoms with Gasteiger partial charge in [0, 0.05) is 6.92 Å². The van der Waals surface area contributed by atoms with E-state index in [9.17, 15) is 19.7 Å². The first-order valence-corrected chi connectivity index (χ1v) is 8.66. The molecule has 2 aromatic carbocycles. The Balaban J connectivity index is 1.75. The second kappa shape index (κ2) is 8.90. The lowest BCUT2D eigenvalue weighted by Crippen LogP contribution is -2.42. The average Bonchev–Trinajstić information content (AvgIpc) is 2.73. The van der Waals surface area contributed by atoms with Crippen LogP contribution in [0.15, 0.2) is 41.5 Å². The number of nitrogens with one attached hydrogen (secondary N) is 1. The molecule has 1 aliphatic rings. The highest BCUT2D eigenvalue weighted by Gasteiger charge is 2.28. The first-order valence-electron chi connectivity index (χ1n) is 8.66. The highest BCUT2D eigenvalue weighted by atomic mass is 16.6. The number of carbonyl (C=O) groups excluding carboxylic acids is 2. The van der Waals surface area contributed by atoms with Crippen LogP contribution in [0, 0.1) is 10.1 Å². The normalized spacial score (nSPS) is 14.8. The molecule has 0 radical (unpaired) electrons. The number of esters is 1. The smallest absolute Gasteiger partial charge is 0.323 e. The lowest BCUT2D eigenvalue weighted by molar-refractivity contribution is -0.385. The Labute approximate surface area is 170 Å². The van der Waals surface area contributed by atoms with Gasteiger partial charge in [0.15, 0.2) is 17.2 Å². The van der Waals surface area contributed by atoms with E-state index >= 15 is 0 Å². The Morgan fingerprint density at radius 3 is 2.67 bits per heavy atom. The third kappa shape index (κ3) is 4.46. The van der Waals surface area contributed by atoms with E-state index < -0.39 is 28.6 Å². The first-order chi connectivity index (χ1) is 14.4. The molecule has 0 aromatic heterocycles. The van der Waals surface area contributed by atoms with Crippen LogP contribution in [0.5, 0.6) is 23.0 Å². The summed E-state index contributed by atoms with van der Waals surface area (Å²) in [5.41, 5.74) is 1.81. The predicted molar refractivity (Wildman–Crippen MR) is 103 cm³/mol. The molecule has 11 nitrogen and oxygen atoms in total. The summed E-state index contributed by atoms with van der Waals surface area (Å²) < 4.78 is 21.0. The number of ether oxygens (including phenoxy) is 4. The van der Waals surface area contributed by atoms with Crippen molar-refractivity contribution in [2.45, 2.75) is 13.0 Å². The predicted octanol–water partition coefficient (Wildman–Crippen LogP) is 1.82. The summed E-state index contributed by atoms with van der Waals surface area (Å²) in [4.78, 5) is 34.2. The molecule has 1 atom stereocenters. The zero-order valence-corrected chi connectivity index (χ0v) is 16.0. The van der Waals surface area contributed by atoms with Crippen LogP contribution in [0.1, 0.15) is 12.5 Å². The number of hydrogen-bond acceptors (Lipinski definition) is 9. The second-order valence-corrected chi connectivity index (χ2v) is 5.98. The molecule has 1 heterocycles. The van der Waals surface area contributed by atoms with Gasteiger partial charge in [0.25, 0.3) is 5.91 Å². The van der Waals surface area contributed by atoms with E-state index in [2.05, 4.69) is 10.5 Å². The van der Waals surface area contributed by atoms with Gasteiger partial charge in [-0.2, -0.15) is 5.10 Å². The van der Waals surface area contributed by atoms with Gasteiger partial charge in [0.1, 0.15) is 6.61 Å². The number of hydrogen-bond donors (Lipinski definition) is 1. The number of para-hydroxylation sites is 2. The Morgan fingerprint density at radius 1 is 1.27 bits per heavy atom. The third-order valence-corrected chi connectivity index (χ3v) is 3.95. The Kier molecular flexibility index (Phi) is 6.11. The largest absolute Gasteiger partial charge is 0.488 e. The zero-order chi connectivity index (χ0) is 21.7. The molecular weight excluding hydrogens is 398 g/mol. The molecule has 0 aliphatic carbocycles. The van der Waals surface area contributed by atoms with Gasteiger partial charge in [0.05, 0.1) is 23.8 Å². The van der Waals surface area contributed by atoms with Crippen LogP contribution < -0.4 is 24.4 Å². The van der Waals surface area contributed by atoms with Crippen molar-refractivity contribution in [3.05, 3.63) is 52.1 Å². The van der Waals surface area contributed by atoms with Gasteiger partial charge in [-0.25, -0.2) is 5.43 Å². The summed E-state index contributed by atoms with van der Waals surface area (Å²) in [6, 6.07) is 9.54. The second-order valence-electron chi connectivity index (χ2n) is 5.98. The first kappa shape index (κ1) is 20.6. The van der Waals surface area contributed by atoms with Gasteiger partial charge in [0.2, 0.25) is 11.9 Å². The molecule has 1 aliphatic heterocycles. The quantitative estimate of drug-likeness (QED) is 0.248. The molecule has 1 N–H and O–H groups in total. The highest BCUT2D eigenvalue weighted by Crippen LogP contribution is 2.39. The van der Waals surface area contributed by atoms with Crippen molar-refractivity contribution in [1.29, 1.82) is 0 Å². The summed E-state index contributed by atoms with van der Waals surface area (Å²) in [5.74, 6) is -0.648. The number of rotatable bonds is 6. The number of amides is 1. The SMILES string of the molecule is COc1c(OC(C)=O)ccc(C=NNC(=O)C2COc3ccccc3O2)c1[N+](=O)[O-]. The lowest BCUT2D eigenvalue weighted by Gasteiger charge is -2.24. The minimum atomic E-state index is -0.937. The zero-order valence-electron chi connectivity index (χ0n) is 16.0. The van der Waals surface area contributed by atoms with Gasteiger partial charge in [-0.3, -0.25) is 19.7 Å². The lowest BCUT2D eigenvalue weighted by atomic mass is 10.1. The van der Waals surface area contributed by atoms with E-state index in [1.165, 1.54) is 19.2 Å². The molecule has 30 heavy (non-hydrogen) atoms. The molecule has 1 unspecified atom stereocenters. The Hall–Kier alpha value is -4.15. The summed E-state index contributed by atoms with van der Waals surface area (Å²) >= 11 is 0. The number of nitro groups is 1. The number of carbonyl (C=O) groups is 2. The van der Waals surface area contributed by atoms with Gasteiger partial charge in [-0.1, -0.05) is 12.1 Å². The van der Waals surface area contributed by atoms with E-state index in [1.807, 2.05) is 0 Å². The fourth-order valence-corrected chi connectivity index (χ4v) is 2.68. The van der Waals surface area contributed by atoms with E-state index in [0.717, 1.165) is 13.1 Å². The summed E-state index contributed by atoms with van der Waals surface area (Å²) in [7, 11) is 1.20. The molecular formula is C19H17N3O8. The maximum atomic E-state index is 12.3. The van der Waals surface area contributed by atoms with Crippen molar-refractivity contribution in [3.63, 3.8) is 0 Å². The van der Waals surface area contributed by atoms with Gasteiger partial charge in [-0.15, -0.1) is 0 Å². The Bertz CT molecular complexity index is 1020. The molecule has 3 rings (SSSR count). The number of nitrogens with zero attached hydrogens (tertiary/aromatic N) is 2. The number of methoxy groups -OCH3 is 1. The van der Waals surface area contributed by atoms with Crippen molar-refractivity contribution < 1.29 is 33.5 Å². The molecule has 11 heteroatoms. The van der Waals surface area contributed by atoms with Crippen molar-refractivity contribution >= 4 is 23.8 Å². The van der Waals surface area contributed by atoms with Crippen LogP contribution in [0.2, 0.25) is 0 Å². The van der Waals surface area contributed by atoms with Crippen LogP contribution in [-0.2, 0) is 9.59 Å².